The molecule has 180 valence electrons. The molecule has 33 heavy (non-hydrogen) atoms. The van der Waals surface area contributed by atoms with E-state index in [-0.39, 0.29) is 36.2 Å². The highest BCUT2D eigenvalue weighted by Crippen LogP contribution is 2.22. The van der Waals surface area contributed by atoms with Crippen LogP contribution < -0.4 is 10.6 Å². The smallest absolute Gasteiger partial charge is 0.249 e. The molecule has 2 atom stereocenters. The second-order valence-electron chi connectivity index (χ2n) is 8.95. The summed E-state index contributed by atoms with van der Waals surface area (Å²) in [5, 5.41) is 5.33. The Bertz CT molecular complexity index is 879. The van der Waals surface area contributed by atoms with E-state index in [4.69, 9.17) is 0 Å². The van der Waals surface area contributed by atoms with Gasteiger partial charge < -0.3 is 20.4 Å². The van der Waals surface area contributed by atoms with Gasteiger partial charge in [-0.15, -0.1) is 0 Å². The van der Waals surface area contributed by atoms with Gasteiger partial charge in [0.05, 0.1) is 12.6 Å². The number of benzene rings is 1. The molecule has 4 amide bonds. The Morgan fingerprint density at radius 1 is 1.21 bits per heavy atom. The van der Waals surface area contributed by atoms with Crippen molar-refractivity contribution in [3.8, 4) is 0 Å². The molecule has 0 aromatic heterocycles. The maximum atomic E-state index is 13.2. The molecule has 1 aliphatic rings. The number of aryl methyl sites for hydroxylation is 1. The van der Waals surface area contributed by atoms with Gasteiger partial charge in [0, 0.05) is 25.7 Å². The van der Waals surface area contributed by atoms with Crippen LogP contribution in [0, 0.1) is 12.8 Å². The first-order valence-electron chi connectivity index (χ1n) is 11.4. The first-order valence-corrected chi connectivity index (χ1v) is 11.4. The molecule has 2 N–H and O–H groups in total. The highest BCUT2D eigenvalue weighted by molar-refractivity contribution is 5.97. The van der Waals surface area contributed by atoms with Gasteiger partial charge in [0.2, 0.25) is 24.1 Å². The van der Waals surface area contributed by atoms with Crippen LogP contribution in [0.1, 0.15) is 44.7 Å². The average Bonchev–Trinajstić information content (AvgIpc) is 3.29. The second kappa shape index (κ2) is 12.2. The number of likely N-dealkylation sites (tertiary alicyclic amines) is 1. The van der Waals surface area contributed by atoms with Crippen LogP contribution >= 0.6 is 0 Å². The molecule has 0 spiro atoms. The lowest BCUT2D eigenvalue weighted by Gasteiger charge is -2.30. The Hall–Kier alpha value is -3.16. The van der Waals surface area contributed by atoms with Gasteiger partial charge in [0.1, 0.15) is 6.04 Å². The summed E-state index contributed by atoms with van der Waals surface area (Å²) in [7, 11) is 1.66. The summed E-state index contributed by atoms with van der Waals surface area (Å²) in [4.78, 5) is 52.0. The lowest BCUT2D eigenvalue weighted by atomic mass is 9.99. The molecule has 1 heterocycles. The molecule has 1 aromatic rings. The lowest BCUT2D eigenvalue weighted by Crippen LogP contribution is -2.47. The summed E-state index contributed by atoms with van der Waals surface area (Å²) < 4.78 is 0. The molecule has 2 rings (SSSR count). The van der Waals surface area contributed by atoms with Gasteiger partial charge in [-0.25, -0.2) is 0 Å². The number of likely N-dealkylation sites (N-methyl/N-ethyl adjacent to an activating group) is 1. The normalized spacial score (nSPS) is 17.0. The maximum Gasteiger partial charge on any atom is 0.249 e. The molecule has 0 saturated carbocycles. The molecule has 0 radical (unpaired) electrons. The van der Waals surface area contributed by atoms with E-state index in [1.54, 1.807) is 24.9 Å². The molecule has 1 aliphatic heterocycles. The zero-order chi connectivity index (χ0) is 24.5. The van der Waals surface area contributed by atoms with E-state index in [9.17, 15) is 19.2 Å². The van der Waals surface area contributed by atoms with E-state index in [0.29, 0.717) is 31.5 Å². The zero-order valence-electron chi connectivity index (χ0n) is 20.3. The van der Waals surface area contributed by atoms with Crippen LogP contribution in [0.15, 0.2) is 35.9 Å². The van der Waals surface area contributed by atoms with Crippen LogP contribution in [0.2, 0.25) is 0 Å². The van der Waals surface area contributed by atoms with Crippen molar-refractivity contribution >= 4 is 24.1 Å². The van der Waals surface area contributed by atoms with E-state index in [1.165, 1.54) is 4.90 Å². The molecule has 0 bridgehead atoms. The first kappa shape index (κ1) is 26.1. The van der Waals surface area contributed by atoms with Gasteiger partial charge in [-0.3, -0.25) is 19.2 Å². The standard InChI is InChI=1S/C25H36N4O4/c1-17(2)22(28(5)23(31)15-26-16-30)13-19(4)25(33)29-12-6-7-21(29)24(32)27-14-20-10-8-18(3)9-11-20/h8-11,13,16-17,21-22H,6-7,12,14-15H2,1-5H3,(H,26,30)(H,27,32)/t21-,22+/m0/s1. The van der Waals surface area contributed by atoms with Gasteiger partial charge in [0.25, 0.3) is 0 Å². The van der Waals surface area contributed by atoms with E-state index < -0.39 is 6.04 Å². The summed E-state index contributed by atoms with van der Waals surface area (Å²) >= 11 is 0. The fourth-order valence-electron chi connectivity index (χ4n) is 4.02. The number of carbonyl (C=O) groups is 4. The van der Waals surface area contributed by atoms with Crippen molar-refractivity contribution in [3.05, 3.63) is 47.0 Å². The van der Waals surface area contributed by atoms with Crippen LogP contribution in [0.4, 0.5) is 0 Å². The van der Waals surface area contributed by atoms with E-state index >= 15 is 0 Å². The Morgan fingerprint density at radius 2 is 1.88 bits per heavy atom. The number of amides is 4. The van der Waals surface area contributed by atoms with Crippen LogP contribution in [0.3, 0.4) is 0 Å². The van der Waals surface area contributed by atoms with E-state index in [0.717, 1.165) is 17.5 Å². The fourth-order valence-corrected chi connectivity index (χ4v) is 4.02. The third kappa shape index (κ3) is 7.17. The Labute approximate surface area is 196 Å². The summed E-state index contributed by atoms with van der Waals surface area (Å²) in [6.07, 6.45) is 3.66. The van der Waals surface area contributed by atoms with Crippen molar-refractivity contribution in [3.63, 3.8) is 0 Å². The summed E-state index contributed by atoms with van der Waals surface area (Å²) in [6, 6.07) is 7.15. The molecule has 1 saturated heterocycles. The highest BCUT2D eigenvalue weighted by Gasteiger charge is 2.35. The number of nitrogens with zero attached hydrogens (tertiary/aromatic N) is 2. The second-order valence-corrected chi connectivity index (χ2v) is 8.95. The van der Waals surface area contributed by atoms with Crippen LogP contribution in [0.5, 0.6) is 0 Å². The van der Waals surface area contributed by atoms with Crippen molar-refractivity contribution in [2.24, 2.45) is 5.92 Å². The van der Waals surface area contributed by atoms with E-state index in [2.05, 4.69) is 10.6 Å². The molecule has 8 nitrogen and oxygen atoms in total. The Morgan fingerprint density at radius 3 is 2.48 bits per heavy atom. The van der Waals surface area contributed by atoms with Crippen LogP contribution in [0.25, 0.3) is 0 Å². The molecule has 0 aliphatic carbocycles. The van der Waals surface area contributed by atoms with Crippen LogP contribution in [-0.4, -0.2) is 66.2 Å². The first-order chi connectivity index (χ1) is 15.6. The van der Waals surface area contributed by atoms with Crippen molar-refractivity contribution in [2.75, 3.05) is 20.1 Å². The SMILES string of the molecule is CC(=C[C@H](C(C)C)N(C)C(=O)CNC=O)C(=O)N1CCC[C@H]1C(=O)NCc1ccc(C)cc1. The highest BCUT2D eigenvalue weighted by atomic mass is 16.2. The number of carbonyl (C=O) groups excluding carboxylic acids is 4. The quantitative estimate of drug-likeness (QED) is 0.414. The summed E-state index contributed by atoms with van der Waals surface area (Å²) in [5.74, 6) is -0.528. The molecule has 1 fully saturated rings. The third-order valence-corrected chi connectivity index (χ3v) is 6.02. The summed E-state index contributed by atoms with van der Waals surface area (Å²) in [5.41, 5.74) is 2.67. The van der Waals surface area contributed by atoms with Gasteiger partial charge in [-0.1, -0.05) is 49.8 Å². The fraction of sp³-hybridized carbons (Fsp3) is 0.520. The maximum absolute atomic E-state index is 13.2. The van der Waals surface area contributed by atoms with Gasteiger partial charge in [-0.05, 0) is 38.2 Å². The minimum absolute atomic E-state index is 0.0603. The monoisotopic (exact) mass is 456 g/mol. The number of rotatable bonds is 10. The van der Waals surface area contributed by atoms with E-state index in [1.807, 2.05) is 45.0 Å². The van der Waals surface area contributed by atoms with Crippen molar-refractivity contribution < 1.29 is 19.2 Å². The number of hydrogen-bond acceptors (Lipinski definition) is 4. The molecular formula is C25H36N4O4. The van der Waals surface area contributed by atoms with Crippen molar-refractivity contribution in [1.82, 2.24) is 20.4 Å². The minimum Gasteiger partial charge on any atom is -0.350 e. The molecule has 1 aromatic carbocycles. The zero-order valence-corrected chi connectivity index (χ0v) is 20.3. The molecular weight excluding hydrogens is 420 g/mol. The largest absolute Gasteiger partial charge is 0.350 e. The Balaban J connectivity index is 2.07. The van der Waals surface area contributed by atoms with Crippen molar-refractivity contribution in [1.29, 1.82) is 0 Å². The third-order valence-electron chi connectivity index (χ3n) is 6.02. The lowest BCUT2D eigenvalue weighted by molar-refractivity contribution is -0.135. The topological polar surface area (TPSA) is 98.8 Å². The van der Waals surface area contributed by atoms with Crippen LogP contribution in [-0.2, 0) is 25.7 Å². The minimum atomic E-state index is -0.500. The van der Waals surface area contributed by atoms with Gasteiger partial charge in [-0.2, -0.15) is 0 Å². The van der Waals surface area contributed by atoms with Gasteiger partial charge in [0.15, 0.2) is 0 Å². The number of nitrogens with one attached hydrogen (secondary N) is 2. The number of hydrogen-bond donors (Lipinski definition) is 2. The molecule has 0 unspecified atom stereocenters. The predicted octanol–water partition coefficient (Wildman–Crippen LogP) is 1.78. The summed E-state index contributed by atoms with van der Waals surface area (Å²) in [6.45, 7) is 8.51. The van der Waals surface area contributed by atoms with Crippen molar-refractivity contribution in [2.45, 2.75) is 59.2 Å². The van der Waals surface area contributed by atoms with Gasteiger partial charge >= 0.3 is 0 Å². The molecule has 8 heteroatoms. The predicted molar refractivity (Wildman–Crippen MR) is 127 cm³/mol. The average molecular weight is 457 g/mol. The Kier molecular flexibility index (Phi) is 9.63.